The fourth-order valence-corrected chi connectivity index (χ4v) is 1.00. The normalized spacial score (nSPS) is 14.2. The maximum atomic E-state index is 12.9. The van der Waals surface area contributed by atoms with E-state index in [1.807, 2.05) is 0 Å². The number of hydrogen-bond acceptors (Lipinski definition) is 2. The highest BCUT2D eigenvalue weighted by atomic mass is 19.3. The summed E-state index contributed by atoms with van der Waals surface area (Å²) in [4.78, 5) is 0. The Balaban J connectivity index is 2.85. The minimum Gasteiger partial charge on any atom is -0.390 e. The molecule has 0 saturated heterocycles. The Labute approximate surface area is 75.0 Å². The fraction of sp³-hybridized carbons (Fsp3) is 0.333. The Bertz CT molecular complexity index is 264. The Kier molecular flexibility index (Phi) is 2.95. The van der Waals surface area contributed by atoms with E-state index in [0.717, 1.165) is 0 Å². The highest BCUT2D eigenvalue weighted by molar-refractivity contribution is 5.20. The zero-order valence-corrected chi connectivity index (χ0v) is 6.95. The summed E-state index contributed by atoms with van der Waals surface area (Å²) in [6, 6.07) is 6.54. The molecule has 0 amide bonds. The molecule has 0 unspecified atom stereocenters. The summed E-state index contributed by atoms with van der Waals surface area (Å²) >= 11 is 0. The molecule has 0 fully saturated rings. The highest BCUT2D eigenvalue weighted by Crippen LogP contribution is 2.28. The quantitative estimate of drug-likeness (QED) is 0.749. The lowest BCUT2D eigenvalue weighted by Crippen LogP contribution is -2.36. The maximum absolute atomic E-state index is 12.9. The lowest BCUT2D eigenvalue weighted by atomic mass is 10.0. The van der Waals surface area contributed by atoms with Crippen LogP contribution in [0.25, 0.3) is 0 Å². The number of alkyl halides is 2. The number of nitrogens with two attached hydrogens (primary N) is 1. The molecule has 4 heteroatoms. The minimum absolute atomic E-state index is 0.321. The molecule has 72 valence electrons. The first-order valence-electron chi connectivity index (χ1n) is 3.87. The first-order valence-corrected chi connectivity index (χ1v) is 3.87. The molecule has 0 aliphatic heterocycles. The molecule has 1 rings (SSSR count). The van der Waals surface area contributed by atoms with Gasteiger partial charge in [0.2, 0.25) is 0 Å². The number of aliphatic hydroxyl groups is 1. The number of halogens is 2. The van der Waals surface area contributed by atoms with Crippen LogP contribution in [0.1, 0.15) is 11.6 Å². The van der Waals surface area contributed by atoms with Crippen molar-refractivity contribution < 1.29 is 13.9 Å². The van der Waals surface area contributed by atoms with E-state index < -0.39 is 18.6 Å². The average molecular weight is 187 g/mol. The van der Waals surface area contributed by atoms with Gasteiger partial charge in [-0.2, -0.15) is 0 Å². The van der Waals surface area contributed by atoms with Gasteiger partial charge in [0, 0.05) is 0 Å². The molecule has 3 N–H and O–H groups in total. The van der Waals surface area contributed by atoms with Crippen LogP contribution in [-0.2, 0) is 0 Å². The molecule has 0 bridgehead atoms. The van der Waals surface area contributed by atoms with Gasteiger partial charge in [-0.15, -0.1) is 0 Å². The predicted molar refractivity (Wildman–Crippen MR) is 45.4 cm³/mol. The van der Waals surface area contributed by atoms with E-state index in [0.29, 0.717) is 5.56 Å². The van der Waals surface area contributed by atoms with Crippen LogP contribution in [0, 0.1) is 0 Å². The Morgan fingerprint density at radius 2 is 1.85 bits per heavy atom. The van der Waals surface area contributed by atoms with Gasteiger partial charge in [0.25, 0.3) is 5.92 Å². The molecule has 0 heterocycles. The molecule has 0 aliphatic rings. The first-order chi connectivity index (χ1) is 6.08. The van der Waals surface area contributed by atoms with E-state index in [2.05, 4.69) is 0 Å². The summed E-state index contributed by atoms with van der Waals surface area (Å²) in [6.07, 6.45) is 0. The minimum atomic E-state index is -3.26. The van der Waals surface area contributed by atoms with Crippen LogP contribution < -0.4 is 5.73 Å². The van der Waals surface area contributed by atoms with Crippen molar-refractivity contribution in [1.29, 1.82) is 0 Å². The van der Waals surface area contributed by atoms with Crippen molar-refractivity contribution in [3.8, 4) is 0 Å². The van der Waals surface area contributed by atoms with Gasteiger partial charge in [-0.1, -0.05) is 30.3 Å². The van der Waals surface area contributed by atoms with E-state index >= 15 is 0 Å². The van der Waals surface area contributed by atoms with E-state index in [-0.39, 0.29) is 0 Å². The number of aliphatic hydroxyl groups excluding tert-OH is 1. The molecule has 0 radical (unpaired) electrons. The van der Waals surface area contributed by atoms with Crippen molar-refractivity contribution in [2.45, 2.75) is 12.0 Å². The fourth-order valence-electron chi connectivity index (χ4n) is 1.00. The number of rotatable bonds is 3. The third-order valence-corrected chi connectivity index (χ3v) is 1.82. The zero-order valence-electron chi connectivity index (χ0n) is 6.95. The van der Waals surface area contributed by atoms with Crippen molar-refractivity contribution >= 4 is 0 Å². The van der Waals surface area contributed by atoms with Crippen molar-refractivity contribution in [2.75, 3.05) is 6.61 Å². The number of benzene rings is 1. The summed E-state index contributed by atoms with van der Waals surface area (Å²) in [5.74, 6) is -3.26. The highest BCUT2D eigenvalue weighted by Gasteiger charge is 2.36. The second-order valence-corrected chi connectivity index (χ2v) is 2.81. The third-order valence-electron chi connectivity index (χ3n) is 1.82. The van der Waals surface area contributed by atoms with Gasteiger partial charge in [-0.05, 0) is 5.56 Å². The maximum Gasteiger partial charge on any atom is 0.289 e. The van der Waals surface area contributed by atoms with Crippen LogP contribution in [0.4, 0.5) is 8.78 Å². The topological polar surface area (TPSA) is 46.2 Å². The van der Waals surface area contributed by atoms with Crippen molar-refractivity contribution in [1.82, 2.24) is 0 Å². The van der Waals surface area contributed by atoms with E-state index in [4.69, 9.17) is 10.8 Å². The summed E-state index contributed by atoms with van der Waals surface area (Å²) in [5.41, 5.74) is 5.59. The van der Waals surface area contributed by atoms with Crippen molar-refractivity contribution in [2.24, 2.45) is 5.73 Å². The molecule has 13 heavy (non-hydrogen) atoms. The molecular formula is C9H11F2NO. The van der Waals surface area contributed by atoms with Gasteiger partial charge in [0.15, 0.2) is 0 Å². The van der Waals surface area contributed by atoms with Gasteiger partial charge >= 0.3 is 0 Å². The molecule has 0 saturated carbocycles. The Morgan fingerprint density at radius 1 is 1.31 bits per heavy atom. The van der Waals surface area contributed by atoms with E-state index in [9.17, 15) is 8.78 Å². The summed E-state index contributed by atoms with van der Waals surface area (Å²) in [7, 11) is 0. The molecule has 0 spiro atoms. The van der Waals surface area contributed by atoms with E-state index in [1.54, 1.807) is 18.2 Å². The third kappa shape index (κ3) is 2.23. The zero-order chi connectivity index (χ0) is 9.90. The van der Waals surface area contributed by atoms with Crippen molar-refractivity contribution in [3.05, 3.63) is 35.9 Å². The van der Waals surface area contributed by atoms with Gasteiger partial charge in [-0.3, -0.25) is 0 Å². The SMILES string of the molecule is N[C@H](c1ccccc1)C(F)(F)CO. The molecule has 1 atom stereocenters. The molecule has 1 aromatic carbocycles. The monoisotopic (exact) mass is 187 g/mol. The standard InChI is InChI=1S/C9H11F2NO/c10-9(11,6-13)8(12)7-4-2-1-3-5-7/h1-5,8,13H,6,12H2/t8-/m1/s1. The van der Waals surface area contributed by atoms with Crippen LogP contribution in [0.15, 0.2) is 30.3 Å². The second-order valence-electron chi connectivity index (χ2n) is 2.81. The Morgan fingerprint density at radius 3 is 2.31 bits per heavy atom. The van der Waals surface area contributed by atoms with Gasteiger partial charge < -0.3 is 10.8 Å². The largest absolute Gasteiger partial charge is 0.390 e. The first kappa shape index (κ1) is 10.1. The lowest BCUT2D eigenvalue weighted by Gasteiger charge is -2.21. The molecular weight excluding hydrogens is 176 g/mol. The van der Waals surface area contributed by atoms with Gasteiger partial charge in [0.05, 0.1) is 6.04 Å². The van der Waals surface area contributed by atoms with E-state index in [1.165, 1.54) is 12.1 Å². The van der Waals surface area contributed by atoms with Gasteiger partial charge in [-0.25, -0.2) is 8.78 Å². The second kappa shape index (κ2) is 3.81. The molecule has 2 nitrogen and oxygen atoms in total. The summed E-state index contributed by atoms with van der Waals surface area (Å²) in [5, 5.41) is 8.40. The molecule has 0 aliphatic carbocycles. The summed E-state index contributed by atoms with van der Waals surface area (Å²) < 4.78 is 25.7. The van der Waals surface area contributed by atoms with Crippen LogP contribution in [0.2, 0.25) is 0 Å². The average Bonchev–Trinajstić information content (AvgIpc) is 2.18. The molecule has 1 aromatic rings. The predicted octanol–water partition coefficient (Wildman–Crippen LogP) is 1.31. The van der Waals surface area contributed by atoms with Gasteiger partial charge in [0.1, 0.15) is 6.61 Å². The molecule has 0 aromatic heterocycles. The van der Waals surface area contributed by atoms with Crippen LogP contribution in [0.5, 0.6) is 0 Å². The summed E-state index contributed by atoms with van der Waals surface area (Å²) in [6.45, 7) is -1.23. The Hall–Kier alpha value is -1.00. The lowest BCUT2D eigenvalue weighted by molar-refractivity contribution is -0.0711. The van der Waals surface area contributed by atoms with Crippen molar-refractivity contribution in [3.63, 3.8) is 0 Å². The van der Waals surface area contributed by atoms with Crippen LogP contribution in [0.3, 0.4) is 0 Å². The van der Waals surface area contributed by atoms with Crippen LogP contribution >= 0.6 is 0 Å². The smallest absolute Gasteiger partial charge is 0.289 e. The number of hydrogen-bond donors (Lipinski definition) is 2. The van der Waals surface area contributed by atoms with Crippen LogP contribution in [-0.4, -0.2) is 17.6 Å².